The monoisotopic (exact) mass is 708 g/mol. The Morgan fingerprint density at radius 3 is 2.31 bits per heavy atom. The Kier molecular flexibility index (Phi) is 12.6. The van der Waals surface area contributed by atoms with Crippen molar-refractivity contribution < 1.29 is 29.4 Å². The molecule has 1 aliphatic rings. The molecule has 2 heterocycles. The number of hydrogen-bond acceptors (Lipinski definition) is 10. The summed E-state index contributed by atoms with van der Waals surface area (Å²) < 4.78 is 14.8. The van der Waals surface area contributed by atoms with Crippen LogP contribution in [0.1, 0.15) is 66.8 Å². The van der Waals surface area contributed by atoms with Crippen molar-refractivity contribution in [3.63, 3.8) is 0 Å². The van der Waals surface area contributed by atoms with Crippen LogP contribution in [0.5, 0.6) is 0 Å². The zero-order valence-electron chi connectivity index (χ0n) is 27.9. The number of hydrogen-bond donors (Lipinski definition) is 4. The van der Waals surface area contributed by atoms with Crippen LogP contribution >= 0.6 is 11.8 Å². The van der Waals surface area contributed by atoms with E-state index in [1.165, 1.54) is 11.8 Å². The molecule has 0 spiro atoms. The minimum Gasteiger partial charge on any atom is -0.392 e. The van der Waals surface area contributed by atoms with Gasteiger partial charge < -0.3 is 19.9 Å². The molecule has 5 aromatic rings. The summed E-state index contributed by atoms with van der Waals surface area (Å²) >= 11 is 1.53. The Hall–Kier alpha value is -4.92. The molecule has 1 aromatic heterocycles. The Bertz CT molecular complexity index is 1870. The van der Waals surface area contributed by atoms with Crippen LogP contribution in [0, 0.1) is 0 Å². The van der Waals surface area contributed by atoms with Crippen LogP contribution in [0.15, 0.2) is 108 Å². The summed E-state index contributed by atoms with van der Waals surface area (Å²) in [6.07, 6.45) is 1.22. The Labute approximate surface area is 300 Å². The molecule has 0 radical (unpaired) electrons. The van der Waals surface area contributed by atoms with Gasteiger partial charge in [0.15, 0.2) is 6.29 Å². The third-order valence-electron chi connectivity index (χ3n) is 8.57. The van der Waals surface area contributed by atoms with E-state index in [1.807, 2.05) is 97.1 Å². The molecule has 51 heavy (non-hydrogen) atoms. The Morgan fingerprint density at radius 1 is 0.824 bits per heavy atom. The number of carbonyl (C=O) groups excluding carboxylic acids is 2. The lowest BCUT2D eigenvalue weighted by atomic mass is 9.99. The number of thioether (sulfide) groups is 1. The lowest BCUT2D eigenvalue weighted by Crippen LogP contribution is -2.31. The number of hydroxylamine groups is 1. The lowest BCUT2D eigenvalue weighted by molar-refractivity contribution is -0.245. The van der Waals surface area contributed by atoms with Gasteiger partial charge in [-0.05, 0) is 69.3 Å². The van der Waals surface area contributed by atoms with Crippen LogP contribution < -0.4 is 10.8 Å². The maximum atomic E-state index is 12.3. The van der Waals surface area contributed by atoms with Crippen LogP contribution in [-0.2, 0) is 32.2 Å². The van der Waals surface area contributed by atoms with Gasteiger partial charge in [-0.1, -0.05) is 96.7 Å². The first kappa shape index (κ1) is 35.9. The number of benzene rings is 4. The number of carbonyl (C=O) groups is 2. The molecule has 4 N–H and O–H groups in total. The summed E-state index contributed by atoms with van der Waals surface area (Å²) in [6.45, 7) is 0.370. The number of tetrazole rings is 1. The number of nitrogens with zero attached hydrogens (tertiary/aromatic N) is 4. The molecule has 1 saturated heterocycles. The van der Waals surface area contributed by atoms with Crippen molar-refractivity contribution in [3.05, 3.63) is 125 Å². The third kappa shape index (κ3) is 9.87. The smallest absolute Gasteiger partial charge is 0.243 e. The maximum Gasteiger partial charge on any atom is 0.243 e. The zero-order chi connectivity index (χ0) is 35.4. The van der Waals surface area contributed by atoms with Gasteiger partial charge >= 0.3 is 0 Å². The molecule has 0 aliphatic carbocycles. The van der Waals surface area contributed by atoms with E-state index >= 15 is 0 Å². The number of rotatable bonds is 15. The second-order valence-electron chi connectivity index (χ2n) is 12.2. The highest BCUT2D eigenvalue weighted by molar-refractivity contribution is 7.99. The molecule has 2 amide bonds. The molecular formula is C38H40N6O6S. The molecule has 1 fully saturated rings. The molecule has 1 aliphatic heterocycles. The summed E-state index contributed by atoms with van der Waals surface area (Å²) in [6, 6.07) is 33.7. The van der Waals surface area contributed by atoms with Crippen molar-refractivity contribution in [1.29, 1.82) is 0 Å². The van der Waals surface area contributed by atoms with Crippen LogP contribution in [-0.4, -0.2) is 54.2 Å². The molecule has 0 unspecified atom stereocenters. The van der Waals surface area contributed by atoms with Crippen molar-refractivity contribution >= 4 is 23.6 Å². The topological polar surface area (TPSA) is 161 Å². The molecular weight excluding hydrogens is 669 g/mol. The summed E-state index contributed by atoms with van der Waals surface area (Å²) in [5.74, 6) is 0.0725. The number of aliphatic hydroxyl groups excluding tert-OH is 1. The molecule has 13 heteroatoms. The van der Waals surface area contributed by atoms with E-state index in [4.69, 9.17) is 14.7 Å². The first-order valence-corrected chi connectivity index (χ1v) is 17.8. The SMILES string of the molecule is O=C(CCCCC(=O)NCc1cccc(-c2ccc([C@H]3O[C@@H](CSc4nnnn4-c4ccccc4)C[C@@H](c4ccc(CO)cc4)O3)cc2)c1)NO. The number of aromatic nitrogens is 4. The first-order chi connectivity index (χ1) is 25.0. The highest BCUT2D eigenvalue weighted by Gasteiger charge is 2.32. The van der Waals surface area contributed by atoms with Crippen molar-refractivity contribution in [3.8, 4) is 16.8 Å². The van der Waals surface area contributed by atoms with Crippen molar-refractivity contribution in [2.75, 3.05) is 5.75 Å². The van der Waals surface area contributed by atoms with E-state index in [0.29, 0.717) is 43.1 Å². The third-order valence-corrected chi connectivity index (χ3v) is 9.62. The van der Waals surface area contributed by atoms with Crippen LogP contribution in [0.2, 0.25) is 0 Å². The van der Waals surface area contributed by atoms with E-state index in [2.05, 4.69) is 26.9 Å². The summed E-state index contributed by atoms with van der Waals surface area (Å²) in [5, 5.41) is 34.1. The highest BCUT2D eigenvalue weighted by atomic mass is 32.2. The molecule has 0 saturated carbocycles. The van der Waals surface area contributed by atoms with Gasteiger partial charge in [0.05, 0.1) is 24.5 Å². The molecule has 3 atom stereocenters. The Morgan fingerprint density at radius 2 is 1.57 bits per heavy atom. The average molecular weight is 709 g/mol. The van der Waals surface area contributed by atoms with Crippen molar-refractivity contribution in [2.24, 2.45) is 0 Å². The minimum absolute atomic E-state index is 0.0219. The van der Waals surface area contributed by atoms with E-state index in [9.17, 15) is 14.7 Å². The highest BCUT2D eigenvalue weighted by Crippen LogP contribution is 2.40. The minimum atomic E-state index is -0.606. The van der Waals surface area contributed by atoms with Crippen LogP contribution in [0.4, 0.5) is 0 Å². The number of para-hydroxylation sites is 1. The number of ether oxygens (including phenoxy) is 2. The quantitative estimate of drug-likeness (QED) is 0.0450. The predicted octanol–water partition coefficient (Wildman–Crippen LogP) is 5.84. The van der Waals surface area contributed by atoms with Crippen LogP contribution in [0.3, 0.4) is 0 Å². The number of nitrogens with one attached hydrogen (secondary N) is 2. The molecule has 12 nitrogen and oxygen atoms in total. The molecule has 264 valence electrons. The Balaban J connectivity index is 1.11. The fourth-order valence-corrected chi connectivity index (χ4v) is 6.71. The molecule has 6 rings (SSSR count). The largest absolute Gasteiger partial charge is 0.392 e. The summed E-state index contributed by atoms with van der Waals surface area (Å²) in [7, 11) is 0. The first-order valence-electron chi connectivity index (χ1n) is 16.8. The van der Waals surface area contributed by atoms with Gasteiger partial charge in [-0.2, -0.15) is 4.68 Å². The second-order valence-corrected chi connectivity index (χ2v) is 13.2. The van der Waals surface area contributed by atoms with E-state index < -0.39 is 12.2 Å². The van der Waals surface area contributed by atoms with Crippen molar-refractivity contribution in [1.82, 2.24) is 31.0 Å². The van der Waals surface area contributed by atoms with E-state index in [-0.39, 0.29) is 31.1 Å². The number of amides is 2. The average Bonchev–Trinajstić information content (AvgIpc) is 3.67. The molecule has 0 bridgehead atoms. The van der Waals surface area contributed by atoms with E-state index in [1.54, 1.807) is 10.2 Å². The fourth-order valence-electron chi connectivity index (χ4n) is 5.80. The zero-order valence-corrected chi connectivity index (χ0v) is 28.7. The van der Waals surface area contributed by atoms with Gasteiger partial charge in [-0.15, -0.1) is 5.10 Å². The predicted molar refractivity (Wildman–Crippen MR) is 190 cm³/mol. The van der Waals surface area contributed by atoms with Gasteiger partial charge in [-0.25, -0.2) is 5.48 Å². The lowest BCUT2D eigenvalue weighted by Gasteiger charge is -2.36. The fraction of sp³-hybridized carbons (Fsp3) is 0.289. The maximum absolute atomic E-state index is 12.3. The van der Waals surface area contributed by atoms with E-state index in [0.717, 1.165) is 39.1 Å². The van der Waals surface area contributed by atoms with Gasteiger partial charge in [-0.3, -0.25) is 14.8 Å². The van der Waals surface area contributed by atoms with Gasteiger partial charge in [0, 0.05) is 37.1 Å². The number of unbranched alkanes of at least 4 members (excludes halogenated alkanes) is 1. The van der Waals surface area contributed by atoms with Gasteiger partial charge in [0.25, 0.3) is 0 Å². The van der Waals surface area contributed by atoms with Crippen molar-refractivity contribution in [2.45, 2.75) is 68.9 Å². The van der Waals surface area contributed by atoms with Gasteiger partial charge in [0.1, 0.15) is 0 Å². The number of aliphatic hydroxyl groups is 1. The summed E-state index contributed by atoms with van der Waals surface area (Å²) in [5.41, 5.74) is 8.22. The standard InChI is InChI=1S/C38H40N6O6S/c45-24-26-13-15-29(16-14-26)34-22-33(25-51-38-40-42-43-44(38)32-9-2-1-3-10-32)49-37(50-34)30-19-17-28(18-20-30)31-8-6-7-27(21-31)23-39-35(46)11-4-5-12-36(47)41-48/h1-3,6-10,13-21,33-34,37,45,48H,4-5,11-12,22-25H2,(H,39,46)(H,41,47)/t33-,34+,37+/m1/s1. The van der Waals surface area contributed by atoms with Crippen LogP contribution in [0.25, 0.3) is 16.8 Å². The summed E-state index contributed by atoms with van der Waals surface area (Å²) in [4.78, 5) is 23.4. The normalized spacial score (nSPS) is 17.2. The van der Waals surface area contributed by atoms with Gasteiger partial charge in [0.2, 0.25) is 17.0 Å². The second kappa shape index (κ2) is 17.8. The molecule has 4 aromatic carbocycles.